The largest absolute Gasteiger partial charge is 0.467 e. The number of methoxy groups -OCH3 is 1. The van der Waals surface area contributed by atoms with Gasteiger partial charge in [0.15, 0.2) is 5.17 Å². The highest BCUT2D eigenvalue weighted by molar-refractivity contribution is 8.18. The highest BCUT2D eigenvalue weighted by Crippen LogP contribution is 2.56. The van der Waals surface area contributed by atoms with Crippen LogP contribution in [0.5, 0.6) is 0 Å². The van der Waals surface area contributed by atoms with Crippen LogP contribution in [0.2, 0.25) is 10.0 Å². The van der Waals surface area contributed by atoms with Crippen molar-refractivity contribution in [2.45, 2.75) is 51.2 Å². The standard InChI is InChI=1S/C30H33Cl2N3O4S/c1-18(2)25-26(28(37)34-15-5-6-23(34)16-39-17-24(36)38-4)40-29-33-30(3,20-9-13-22(32)14-10-20)27(35(25)29)19-7-11-21(31)12-8-19/h7-14,18,23,27H,5-6,15-17H2,1-4H3/t23-,27+,30-/m0/s1. The van der Waals surface area contributed by atoms with E-state index in [0.29, 0.717) is 28.1 Å². The van der Waals surface area contributed by atoms with E-state index in [1.54, 1.807) is 0 Å². The van der Waals surface area contributed by atoms with Crippen LogP contribution in [-0.2, 0) is 24.6 Å². The summed E-state index contributed by atoms with van der Waals surface area (Å²) in [6.07, 6.45) is 1.72. The van der Waals surface area contributed by atoms with Gasteiger partial charge >= 0.3 is 5.97 Å². The number of nitrogens with zero attached hydrogens (tertiary/aromatic N) is 3. The summed E-state index contributed by atoms with van der Waals surface area (Å²) in [6, 6.07) is 15.4. The van der Waals surface area contributed by atoms with Crippen LogP contribution in [0.15, 0.2) is 64.1 Å². The van der Waals surface area contributed by atoms with Crippen LogP contribution in [0, 0.1) is 5.92 Å². The third-order valence-electron chi connectivity index (χ3n) is 7.76. The van der Waals surface area contributed by atoms with Crippen molar-refractivity contribution >= 4 is 52.0 Å². The molecule has 1 fully saturated rings. The zero-order valence-corrected chi connectivity index (χ0v) is 25.4. The zero-order chi connectivity index (χ0) is 28.6. The number of likely N-dealkylation sites (tertiary alicyclic amines) is 1. The summed E-state index contributed by atoms with van der Waals surface area (Å²) >= 11 is 13.9. The second kappa shape index (κ2) is 11.8. The number of hydrogen-bond acceptors (Lipinski definition) is 7. The lowest BCUT2D eigenvalue weighted by Gasteiger charge is -2.37. The molecular weight excluding hydrogens is 569 g/mol. The molecule has 2 aromatic rings. The number of benzene rings is 2. The van der Waals surface area contributed by atoms with E-state index in [-0.39, 0.29) is 30.5 Å². The lowest BCUT2D eigenvalue weighted by atomic mass is 9.81. The summed E-state index contributed by atoms with van der Waals surface area (Å²) in [6.45, 7) is 7.18. The van der Waals surface area contributed by atoms with Gasteiger partial charge in [-0.2, -0.15) is 0 Å². The second-order valence-electron chi connectivity index (χ2n) is 10.7. The van der Waals surface area contributed by atoms with Crippen molar-refractivity contribution in [1.82, 2.24) is 9.80 Å². The molecule has 0 spiro atoms. The number of amides is 1. The summed E-state index contributed by atoms with van der Waals surface area (Å²) in [7, 11) is 1.33. The number of allylic oxidation sites excluding steroid dienone is 1. The highest BCUT2D eigenvalue weighted by Gasteiger charge is 2.53. The van der Waals surface area contributed by atoms with Crippen molar-refractivity contribution in [3.63, 3.8) is 0 Å². The maximum Gasteiger partial charge on any atom is 0.331 e. The fourth-order valence-corrected chi connectivity index (χ4v) is 7.42. The van der Waals surface area contributed by atoms with E-state index in [1.807, 2.05) is 53.4 Å². The van der Waals surface area contributed by atoms with E-state index in [2.05, 4.69) is 30.4 Å². The summed E-state index contributed by atoms with van der Waals surface area (Å²) in [5.41, 5.74) is 2.45. The smallest absolute Gasteiger partial charge is 0.331 e. The summed E-state index contributed by atoms with van der Waals surface area (Å²) < 4.78 is 10.3. The molecule has 2 aromatic carbocycles. The van der Waals surface area contributed by atoms with E-state index in [9.17, 15) is 9.59 Å². The quantitative estimate of drug-likeness (QED) is 0.325. The monoisotopic (exact) mass is 601 g/mol. The third kappa shape index (κ3) is 5.39. The average molecular weight is 603 g/mol. The molecule has 10 heteroatoms. The first-order chi connectivity index (χ1) is 19.1. The number of fused-ring (bicyclic) bond motifs is 1. The molecule has 0 N–H and O–H groups in total. The van der Waals surface area contributed by atoms with Gasteiger partial charge in [0.1, 0.15) is 17.1 Å². The van der Waals surface area contributed by atoms with Crippen molar-refractivity contribution in [3.8, 4) is 0 Å². The molecule has 3 heterocycles. The predicted molar refractivity (Wildman–Crippen MR) is 159 cm³/mol. The van der Waals surface area contributed by atoms with Gasteiger partial charge in [-0.3, -0.25) is 4.79 Å². The molecule has 40 heavy (non-hydrogen) atoms. The molecular formula is C30H33Cl2N3O4S. The average Bonchev–Trinajstić information content (AvgIpc) is 3.61. The van der Waals surface area contributed by atoms with Gasteiger partial charge in [0.25, 0.3) is 5.91 Å². The number of ether oxygens (including phenoxy) is 2. The van der Waals surface area contributed by atoms with Gasteiger partial charge < -0.3 is 19.3 Å². The first kappa shape index (κ1) is 29.0. The van der Waals surface area contributed by atoms with Crippen molar-refractivity contribution < 1.29 is 19.1 Å². The maximum absolute atomic E-state index is 14.1. The molecule has 0 aliphatic carbocycles. The number of halogens is 2. The fraction of sp³-hybridized carbons (Fsp3) is 0.433. The molecule has 5 rings (SSSR count). The van der Waals surface area contributed by atoms with E-state index in [1.165, 1.54) is 18.9 Å². The molecule has 1 saturated heterocycles. The number of thioether (sulfide) groups is 1. The topological polar surface area (TPSA) is 71.4 Å². The molecule has 3 atom stereocenters. The second-order valence-corrected chi connectivity index (χ2v) is 12.6. The number of hydrogen-bond donors (Lipinski definition) is 0. The van der Waals surface area contributed by atoms with Crippen LogP contribution in [0.25, 0.3) is 0 Å². The van der Waals surface area contributed by atoms with Crippen LogP contribution in [0.4, 0.5) is 0 Å². The van der Waals surface area contributed by atoms with E-state index < -0.39 is 11.5 Å². The van der Waals surface area contributed by atoms with Crippen LogP contribution >= 0.6 is 35.0 Å². The number of rotatable bonds is 8. The molecule has 3 aliphatic heterocycles. The van der Waals surface area contributed by atoms with E-state index >= 15 is 0 Å². The minimum absolute atomic E-state index is 0.0157. The Kier molecular flexibility index (Phi) is 8.53. The van der Waals surface area contributed by atoms with Gasteiger partial charge in [0, 0.05) is 22.3 Å². The Morgan fingerprint density at radius 2 is 1.75 bits per heavy atom. The normalized spacial score (nSPS) is 24.1. The molecule has 3 aliphatic rings. The summed E-state index contributed by atoms with van der Waals surface area (Å²) in [5, 5.41) is 2.14. The van der Waals surface area contributed by atoms with Crippen molar-refractivity contribution in [1.29, 1.82) is 0 Å². The number of carbonyl (C=O) groups is 2. The molecule has 7 nitrogen and oxygen atoms in total. The Morgan fingerprint density at radius 1 is 1.10 bits per heavy atom. The van der Waals surface area contributed by atoms with Gasteiger partial charge in [-0.15, -0.1) is 0 Å². The minimum Gasteiger partial charge on any atom is -0.467 e. The fourth-order valence-electron chi connectivity index (χ4n) is 5.81. The molecule has 0 radical (unpaired) electrons. The highest BCUT2D eigenvalue weighted by atomic mass is 35.5. The van der Waals surface area contributed by atoms with Gasteiger partial charge in [0.05, 0.1) is 25.8 Å². The Balaban J connectivity index is 1.51. The Labute approximate surface area is 249 Å². The van der Waals surface area contributed by atoms with Gasteiger partial charge in [-0.1, -0.05) is 61.3 Å². The number of esters is 1. The summed E-state index contributed by atoms with van der Waals surface area (Å²) in [5.74, 6) is -0.376. The lowest BCUT2D eigenvalue weighted by Crippen LogP contribution is -2.40. The van der Waals surface area contributed by atoms with Gasteiger partial charge in [0.2, 0.25) is 0 Å². The van der Waals surface area contributed by atoms with Crippen molar-refractivity contribution in [2.24, 2.45) is 10.9 Å². The molecule has 1 amide bonds. The van der Waals surface area contributed by atoms with Gasteiger partial charge in [-0.05, 0) is 72.8 Å². The molecule has 0 aromatic heterocycles. The SMILES string of the molecule is COC(=O)COC[C@@H]1CCCN1C(=O)C1=C(C(C)C)N2C(=N[C@@](C)(c3ccc(Cl)cc3)[C@H]2c2ccc(Cl)cc2)S1. The van der Waals surface area contributed by atoms with Crippen LogP contribution < -0.4 is 0 Å². The van der Waals surface area contributed by atoms with E-state index in [0.717, 1.165) is 34.8 Å². The Bertz CT molecular complexity index is 1350. The number of aliphatic imine (C=N–C) groups is 1. The third-order valence-corrected chi connectivity index (χ3v) is 9.32. The van der Waals surface area contributed by atoms with Crippen LogP contribution in [0.1, 0.15) is 50.8 Å². The molecule has 0 bridgehead atoms. The number of amidine groups is 1. The van der Waals surface area contributed by atoms with Crippen LogP contribution in [0.3, 0.4) is 0 Å². The predicted octanol–water partition coefficient (Wildman–Crippen LogP) is 6.42. The number of carbonyl (C=O) groups excluding carboxylic acids is 2. The van der Waals surface area contributed by atoms with Crippen LogP contribution in [-0.4, -0.2) is 59.8 Å². The summed E-state index contributed by atoms with van der Waals surface area (Å²) in [4.78, 5) is 35.7. The zero-order valence-electron chi connectivity index (χ0n) is 23.0. The lowest BCUT2D eigenvalue weighted by molar-refractivity contribution is -0.146. The first-order valence-corrected chi connectivity index (χ1v) is 15.0. The molecule has 0 saturated carbocycles. The first-order valence-electron chi connectivity index (χ1n) is 13.4. The van der Waals surface area contributed by atoms with Gasteiger partial charge in [-0.25, -0.2) is 9.79 Å². The minimum atomic E-state index is -0.618. The Morgan fingerprint density at radius 3 is 2.38 bits per heavy atom. The van der Waals surface area contributed by atoms with Crippen molar-refractivity contribution in [2.75, 3.05) is 26.9 Å². The Hall–Kier alpha value is -2.52. The molecule has 212 valence electrons. The van der Waals surface area contributed by atoms with E-state index in [4.69, 9.17) is 32.9 Å². The van der Waals surface area contributed by atoms with Crippen molar-refractivity contribution in [3.05, 3.63) is 80.3 Å². The maximum atomic E-state index is 14.1. The molecule has 0 unspecified atom stereocenters.